The lowest BCUT2D eigenvalue weighted by Gasteiger charge is -2.24. The maximum Gasteiger partial charge on any atom is 0.264 e. The molecule has 0 aliphatic rings. The second-order valence-corrected chi connectivity index (χ2v) is 10.9. The summed E-state index contributed by atoms with van der Waals surface area (Å²) in [4.78, 5) is 12.9. The number of sulfonamides is 1. The first-order valence-electron chi connectivity index (χ1n) is 11.0. The van der Waals surface area contributed by atoms with Crippen LogP contribution in [0.2, 0.25) is 0 Å². The predicted octanol–water partition coefficient (Wildman–Crippen LogP) is 4.74. The first-order chi connectivity index (χ1) is 17.0. The standard InChI is InChI=1S/C26H28BrN3O5S/c1-17-6-8-22(9-7-17)36(32,33)30(21-11-18(2)10-19(3)12-21)16-25(31)29-28-15-20-13-23(27)26(35-5)24(14-20)34-4/h6-15H,16H2,1-5H3,(H,29,31)/b28-15-. The Balaban J connectivity index is 1.87. The van der Waals surface area contributed by atoms with Gasteiger partial charge in [-0.1, -0.05) is 23.8 Å². The second-order valence-electron chi connectivity index (χ2n) is 8.20. The number of aryl methyl sites for hydroxylation is 3. The van der Waals surface area contributed by atoms with Crippen LogP contribution in [0.25, 0.3) is 0 Å². The number of hydrogen-bond acceptors (Lipinski definition) is 6. The molecule has 0 aromatic heterocycles. The normalized spacial score (nSPS) is 11.4. The molecule has 1 N–H and O–H groups in total. The van der Waals surface area contributed by atoms with Gasteiger partial charge < -0.3 is 9.47 Å². The molecular formula is C26H28BrN3O5S. The van der Waals surface area contributed by atoms with E-state index in [1.54, 1.807) is 36.4 Å². The van der Waals surface area contributed by atoms with E-state index in [2.05, 4.69) is 26.5 Å². The van der Waals surface area contributed by atoms with Crippen LogP contribution in [0.1, 0.15) is 22.3 Å². The van der Waals surface area contributed by atoms with E-state index in [-0.39, 0.29) is 4.90 Å². The zero-order valence-corrected chi connectivity index (χ0v) is 23.1. The van der Waals surface area contributed by atoms with Crippen molar-refractivity contribution in [3.8, 4) is 11.5 Å². The molecule has 10 heteroatoms. The minimum atomic E-state index is -4.01. The Labute approximate surface area is 220 Å². The van der Waals surface area contributed by atoms with Crippen LogP contribution in [-0.2, 0) is 14.8 Å². The Morgan fingerprint density at radius 2 is 1.61 bits per heavy atom. The number of halogens is 1. The summed E-state index contributed by atoms with van der Waals surface area (Å²) >= 11 is 3.41. The number of hydrogen-bond donors (Lipinski definition) is 1. The van der Waals surface area contributed by atoms with Gasteiger partial charge in [-0.3, -0.25) is 9.10 Å². The molecule has 0 aliphatic carbocycles. The summed E-state index contributed by atoms with van der Waals surface area (Å²) in [6.45, 7) is 5.17. The van der Waals surface area contributed by atoms with E-state index in [9.17, 15) is 13.2 Å². The number of nitrogens with one attached hydrogen (secondary N) is 1. The lowest BCUT2D eigenvalue weighted by molar-refractivity contribution is -0.119. The molecule has 3 aromatic carbocycles. The second kappa shape index (κ2) is 11.6. The first kappa shape index (κ1) is 27.2. The van der Waals surface area contributed by atoms with Crippen molar-refractivity contribution in [3.63, 3.8) is 0 Å². The van der Waals surface area contributed by atoms with Crippen LogP contribution in [0, 0.1) is 20.8 Å². The van der Waals surface area contributed by atoms with Gasteiger partial charge in [-0.05, 0) is 89.8 Å². The lowest BCUT2D eigenvalue weighted by Crippen LogP contribution is -2.39. The highest BCUT2D eigenvalue weighted by molar-refractivity contribution is 9.10. The summed E-state index contributed by atoms with van der Waals surface area (Å²) in [6, 6.07) is 15.4. The number of rotatable bonds is 9. The van der Waals surface area contributed by atoms with Gasteiger partial charge in [0, 0.05) is 0 Å². The van der Waals surface area contributed by atoms with Gasteiger partial charge in [0.1, 0.15) is 6.54 Å². The van der Waals surface area contributed by atoms with Crippen LogP contribution in [0.3, 0.4) is 0 Å². The number of methoxy groups -OCH3 is 2. The summed E-state index contributed by atoms with van der Waals surface area (Å²) in [6.07, 6.45) is 1.43. The van der Waals surface area contributed by atoms with Crippen molar-refractivity contribution in [2.45, 2.75) is 25.7 Å². The van der Waals surface area contributed by atoms with Gasteiger partial charge in [-0.15, -0.1) is 0 Å². The van der Waals surface area contributed by atoms with Gasteiger partial charge in [-0.25, -0.2) is 13.8 Å². The molecule has 0 bridgehead atoms. The number of carbonyl (C=O) groups excluding carboxylic acids is 1. The Morgan fingerprint density at radius 3 is 2.19 bits per heavy atom. The van der Waals surface area contributed by atoms with E-state index >= 15 is 0 Å². The van der Waals surface area contributed by atoms with Gasteiger partial charge in [0.05, 0.1) is 35.5 Å². The van der Waals surface area contributed by atoms with Crippen molar-refractivity contribution in [1.82, 2.24) is 5.43 Å². The van der Waals surface area contributed by atoms with Crippen molar-refractivity contribution >= 4 is 43.8 Å². The van der Waals surface area contributed by atoms with Crippen LogP contribution >= 0.6 is 15.9 Å². The highest BCUT2D eigenvalue weighted by Gasteiger charge is 2.27. The van der Waals surface area contributed by atoms with E-state index in [0.29, 0.717) is 27.2 Å². The molecule has 0 saturated carbocycles. The lowest BCUT2D eigenvalue weighted by atomic mass is 10.1. The molecule has 0 atom stereocenters. The van der Waals surface area contributed by atoms with Crippen molar-refractivity contribution in [2.75, 3.05) is 25.1 Å². The molecule has 1 amide bonds. The molecule has 0 spiro atoms. The molecule has 3 rings (SSSR count). The smallest absolute Gasteiger partial charge is 0.264 e. The number of carbonyl (C=O) groups is 1. The average Bonchev–Trinajstić information content (AvgIpc) is 2.81. The van der Waals surface area contributed by atoms with E-state index < -0.39 is 22.5 Å². The fourth-order valence-electron chi connectivity index (χ4n) is 3.60. The zero-order chi connectivity index (χ0) is 26.5. The molecule has 0 fully saturated rings. The Morgan fingerprint density at radius 1 is 0.972 bits per heavy atom. The van der Waals surface area contributed by atoms with E-state index in [1.807, 2.05) is 26.8 Å². The van der Waals surface area contributed by atoms with E-state index in [1.165, 1.54) is 32.6 Å². The molecule has 0 aliphatic heterocycles. The van der Waals surface area contributed by atoms with Crippen LogP contribution in [-0.4, -0.2) is 41.3 Å². The highest BCUT2D eigenvalue weighted by atomic mass is 79.9. The SMILES string of the molecule is COc1cc(/C=N\NC(=O)CN(c2cc(C)cc(C)c2)S(=O)(=O)c2ccc(C)cc2)cc(Br)c1OC. The van der Waals surface area contributed by atoms with Crippen molar-refractivity contribution in [1.29, 1.82) is 0 Å². The van der Waals surface area contributed by atoms with Gasteiger partial charge in [0.15, 0.2) is 11.5 Å². The number of ether oxygens (including phenoxy) is 2. The average molecular weight is 574 g/mol. The molecule has 0 radical (unpaired) electrons. The monoisotopic (exact) mass is 573 g/mol. The van der Waals surface area contributed by atoms with Gasteiger partial charge in [0.25, 0.3) is 15.9 Å². The molecular weight excluding hydrogens is 546 g/mol. The molecule has 0 unspecified atom stereocenters. The van der Waals surface area contributed by atoms with E-state index in [0.717, 1.165) is 21.0 Å². The molecule has 8 nitrogen and oxygen atoms in total. The summed E-state index contributed by atoms with van der Waals surface area (Å²) < 4.78 is 39.4. The van der Waals surface area contributed by atoms with Crippen molar-refractivity contribution in [2.24, 2.45) is 5.10 Å². The number of amides is 1. The zero-order valence-electron chi connectivity index (χ0n) is 20.7. The maximum atomic E-state index is 13.5. The molecule has 190 valence electrons. The number of nitrogens with zero attached hydrogens (tertiary/aromatic N) is 2. The quantitative estimate of drug-likeness (QED) is 0.294. The summed E-state index contributed by atoms with van der Waals surface area (Å²) in [5.74, 6) is 0.426. The van der Waals surface area contributed by atoms with Crippen LogP contribution < -0.4 is 19.2 Å². The summed E-state index contributed by atoms with van der Waals surface area (Å²) in [5, 5.41) is 4.00. The van der Waals surface area contributed by atoms with Crippen LogP contribution in [0.15, 0.2) is 69.1 Å². The van der Waals surface area contributed by atoms with Gasteiger partial charge >= 0.3 is 0 Å². The fourth-order valence-corrected chi connectivity index (χ4v) is 5.63. The third kappa shape index (κ3) is 6.44. The Kier molecular flexibility index (Phi) is 8.75. The molecule has 3 aromatic rings. The predicted molar refractivity (Wildman–Crippen MR) is 145 cm³/mol. The van der Waals surface area contributed by atoms with Crippen molar-refractivity contribution in [3.05, 3.63) is 81.3 Å². The number of hydrazone groups is 1. The number of benzene rings is 3. The molecule has 36 heavy (non-hydrogen) atoms. The van der Waals surface area contributed by atoms with Crippen LogP contribution in [0.5, 0.6) is 11.5 Å². The number of anilines is 1. The minimum absolute atomic E-state index is 0.0961. The van der Waals surface area contributed by atoms with Gasteiger partial charge in [-0.2, -0.15) is 5.10 Å². The molecule has 0 saturated heterocycles. The summed E-state index contributed by atoms with van der Waals surface area (Å²) in [7, 11) is -0.968. The van der Waals surface area contributed by atoms with E-state index in [4.69, 9.17) is 9.47 Å². The van der Waals surface area contributed by atoms with Crippen LogP contribution in [0.4, 0.5) is 5.69 Å². The first-order valence-corrected chi connectivity index (χ1v) is 13.2. The Hall–Kier alpha value is -3.37. The Bertz CT molecular complexity index is 1370. The topological polar surface area (TPSA) is 97.3 Å². The minimum Gasteiger partial charge on any atom is -0.493 e. The van der Waals surface area contributed by atoms with Crippen molar-refractivity contribution < 1.29 is 22.7 Å². The third-order valence-electron chi connectivity index (χ3n) is 5.25. The summed E-state index contributed by atoms with van der Waals surface area (Å²) in [5.41, 5.74) is 6.15. The highest BCUT2D eigenvalue weighted by Crippen LogP contribution is 2.35. The largest absolute Gasteiger partial charge is 0.493 e. The van der Waals surface area contributed by atoms with Gasteiger partial charge in [0.2, 0.25) is 0 Å². The third-order valence-corrected chi connectivity index (χ3v) is 7.63. The maximum absolute atomic E-state index is 13.5. The fraction of sp³-hybridized carbons (Fsp3) is 0.231. The molecule has 0 heterocycles.